The van der Waals surface area contributed by atoms with Crippen LogP contribution in [-0.2, 0) is 4.79 Å². The van der Waals surface area contributed by atoms with E-state index in [1.165, 1.54) is 0 Å². The lowest BCUT2D eigenvalue weighted by atomic mass is 9.96. The topological polar surface area (TPSA) is 38.1 Å². The highest BCUT2D eigenvalue weighted by molar-refractivity contribution is 5.84. The summed E-state index contributed by atoms with van der Waals surface area (Å²) < 4.78 is 1.96. The van der Waals surface area contributed by atoms with E-state index < -0.39 is 0 Å². The van der Waals surface area contributed by atoms with Crippen molar-refractivity contribution in [3.63, 3.8) is 0 Å². The van der Waals surface area contributed by atoms with Gasteiger partial charge in [-0.1, -0.05) is 31.2 Å². The fraction of sp³-hybridized carbons (Fsp3) is 0.474. The molecule has 23 heavy (non-hydrogen) atoms. The maximum Gasteiger partial charge on any atom is 0.250 e. The summed E-state index contributed by atoms with van der Waals surface area (Å²) in [5.74, 6) is 0.898. The molecule has 0 aliphatic carbocycles. The minimum absolute atomic E-state index is 0.184. The molecule has 1 aromatic carbocycles. The smallest absolute Gasteiger partial charge is 0.250 e. The lowest BCUT2D eigenvalue weighted by Crippen LogP contribution is -2.42. The van der Waals surface area contributed by atoms with Crippen molar-refractivity contribution in [1.29, 1.82) is 0 Å². The molecule has 1 saturated heterocycles. The Bertz CT molecular complexity index is 683. The van der Waals surface area contributed by atoms with E-state index in [1.54, 1.807) is 6.33 Å². The fourth-order valence-electron chi connectivity index (χ4n) is 3.30. The number of hydrogen-bond donors (Lipinski definition) is 0. The summed E-state index contributed by atoms with van der Waals surface area (Å²) >= 11 is 0. The average molecular weight is 311 g/mol. The van der Waals surface area contributed by atoms with Gasteiger partial charge >= 0.3 is 0 Å². The van der Waals surface area contributed by atoms with Crippen molar-refractivity contribution in [2.75, 3.05) is 13.1 Å². The van der Waals surface area contributed by atoms with Gasteiger partial charge in [0.25, 0.3) is 0 Å². The SMILES string of the molecule is Cc1cn(C(C(=O)N2CCC(C)CC2)c2ccccc2C)cn1. The number of piperidine rings is 1. The molecule has 1 atom stereocenters. The second kappa shape index (κ2) is 6.57. The van der Waals surface area contributed by atoms with Crippen LogP contribution in [0.3, 0.4) is 0 Å². The van der Waals surface area contributed by atoms with Crippen molar-refractivity contribution < 1.29 is 4.79 Å². The highest BCUT2D eigenvalue weighted by atomic mass is 16.2. The zero-order chi connectivity index (χ0) is 16.4. The zero-order valence-electron chi connectivity index (χ0n) is 14.2. The third-order valence-electron chi connectivity index (χ3n) is 4.84. The normalized spacial score (nSPS) is 17.3. The molecule has 2 aromatic rings. The molecule has 3 rings (SSSR count). The summed E-state index contributed by atoms with van der Waals surface area (Å²) in [7, 11) is 0. The number of likely N-dealkylation sites (tertiary alicyclic amines) is 1. The average Bonchev–Trinajstić information content (AvgIpc) is 2.96. The molecule has 1 fully saturated rings. The number of aromatic nitrogens is 2. The lowest BCUT2D eigenvalue weighted by Gasteiger charge is -2.33. The van der Waals surface area contributed by atoms with Crippen molar-refractivity contribution in [2.45, 2.75) is 39.7 Å². The molecule has 1 unspecified atom stereocenters. The Kier molecular flexibility index (Phi) is 4.51. The number of amides is 1. The van der Waals surface area contributed by atoms with Gasteiger partial charge in [0.2, 0.25) is 5.91 Å². The molecule has 4 nitrogen and oxygen atoms in total. The highest BCUT2D eigenvalue weighted by Gasteiger charge is 2.30. The molecule has 1 amide bonds. The van der Waals surface area contributed by atoms with E-state index in [2.05, 4.69) is 31.0 Å². The number of carbonyl (C=O) groups is 1. The van der Waals surface area contributed by atoms with Gasteiger partial charge in [-0.3, -0.25) is 4.79 Å². The van der Waals surface area contributed by atoms with Crippen molar-refractivity contribution in [2.24, 2.45) is 5.92 Å². The first-order valence-corrected chi connectivity index (χ1v) is 8.40. The first-order chi connectivity index (χ1) is 11.1. The number of imidazole rings is 1. The number of rotatable bonds is 3. The molecule has 1 aromatic heterocycles. The van der Waals surface area contributed by atoms with Crippen LogP contribution in [0.4, 0.5) is 0 Å². The molecular weight excluding hydrogens is 286 g/mol. The fourth-order valence-corrected chi connectivity index (χ4v) is 3.30. The minimum Gasteiger partial charge on any atom is -0.341 e. The van der Waals surface area contributed by atoms with Crippen molar-refractivity contribution >= 4 is 5.91 Å². The van der Waals surface area contributed by atoms with Crippen LogP contribution in [0.15, 0.2) is 36.8 Å². The third-order valence-corrected chi connectivity index (χ3v) is 4.84. The molecule has 0 spiro atoms. The first kappa shape index (κ1) is 15.8. The largest absolute Gasteiger partial charge is 0.341 e. The van der Waals surface area contributed by atoms with Crippen LogP contribution in [0.5, 0.6) is 0 Å². The lowest BCUT2D eigenvalue weighted by molar-refractivity contribution is -0.134. The van der Waals surface area contributed by atoms with E-state index in [1.807, 2.05) is 34.7 Å². The van der Waals surface area contributed by atoms with Crippen LogP contribution >= 0.6 is 0 Å². The molecule has 0 radical (unpaired) electrons. The number of carbonyl (C=O) groups excluding carboxylic acids is 1. The summed E-state index contributed by atoms with van der Waals surface area (Å²) in [6, 6.07) is 7.83. The molecule has 1 aliphatic heterocycles. The van der Waals surface area contributed by atoms with Gasteiger partial charge in [0.15, 0.2) is 0 Å². The Morgan fingerprint density at radius 2 is 1.91 bits per heavy atom. The van der Waals surface area contributed by atoms with Gasteiger partial charge in [0, 0.05) is 19.3 Å². The van der Waals surface area contributed by atoms with Crippen LogP contribution in [0.1, 0.15) is 42.6 Å². The Balaban J connectivity index is 1.95. The summed E-state index contributed by atoms with van der Waals surface area (Å²) in [5, 5.41) is 0. The van der Waals surface area contributed by atoms with Crippen LogP contribution in [-0.4, -0.2) is 33.4 Å². The second-order valence-corrected chi connectivity index (χ2v) is 6.73. The Morgan fingerprint density at radius 3 is 2.52 bits per heavy atom. The first-order valence-electron chi connectivity index (χ1n) is 8.40. The summed E-state index contributed by atoms with van der Waals surface area (Å²) in [6.45, 7) is 8.00. The Hall–Kier alpha value is -2.10. The van der Waals surface area contributed by atoms with E-state index in [0.29, 0.717) is 5.92 Å². The minimum atomic E-state index is -0.314. The number of hydrogen-bond acceptors (Lipinski definition) is 2. The summed E-state index contributed by atoms with van der Waals surface area (Å²) in [6.07, 6.45) is 5.92. The maximum atomic E-state index is 13.2. The van der Waals surface area contributed by atoms with Gasteiger partial charge in [-0.15, -0.1) is 0 Å². The predicted molar refractivity (Wildman–Crippen MR) is 91.3 cm³/mol. The molecule has 0 bridgehead atoms. The molecule has 0 saturated carbocycles. The number of benzene rings is 1. The third kappa shape index (κ3) is 3.31. The van der Waals surface area contributed by atoms with Crippen LogP contribution < -0.4 is 0 Å². The van der Waals surface area contributed by atoms with Crippen LogP contribution in [0.25, 0.3) is 0 Å². The second-order valence-electron chi connectivity index (χ2n) is 6.73. The van der Waals surface area contributed by atoms with E-state index in [0.717, 1.165) is 42.8 Å². The van der Waals surface area contributed by atoms with Crippen LogP contribution in [0, 0.1) is 19.8 Å². The number of aryl methyl sites for hydroxylation is 2. The maximum absolute atomic E-state index is 13.2. The van der Waals surface area contributed by atoms with Crippen LogP contribution in [0.2, 0.25) is 0 Å². The van der Waals surface area contributed by atoms with Crippen molar-refractivity contribution in [3.05, 3.63) is 53.6 Å². The van der Waals surface area contributed by atoms with E-state index in [4.69, 9.17) is 0 Å². The highest BCUT2D eigenvalue weighted by Crippen LogP contribution is 2.27. The van der Waals surface area contributed by atoms with E-state index in [9.17, 15) is 4.79 Å². The quantitative estimate of drug-likeness (QED) is 0.872. The monoisotopic (exact) mass is 311 g/mol. The summed E-state index contributed by atoms with van der Waals surface area (Å²) in [4.78, 5) is 19.6. The zero-order valence-corrected chi connectivity index (χ0v) is 14.2. The molecule has 2 heterocycles. The van der Waals surface area contributed by atoms with Gasteiger partial charge in [-0.2, -0.15) is 0 Å². The van der Waals surface area contributed by atoms with E-state index >= 15 is 0 Å². The van der Waals surface area contributed by atoms with Crippen molar-refractivity contribution in [1.82, 2.24) is 14.5 Å². The molecular formula is C19H25N3O. The van der Waals surface area contributed by atoms with Gasteiger partial charge in [0.1, 0.15) is 6.04 Å². The Labute approximate surface area is 138 Å². The van der Waals surface area contributed by atoms with E-state index in [-0.39, 0.29) is 11.9 Å². The van der Waals surface area contributed by atoms with Gasteiger partial charge in [-0.05, 0) is 43.7 Å². The molecule has 0 N–H and O–H groups in total. The van der Waals surface area contributed by atoms with Gasteiger partial charge in [0.05, 0.1) is 12.0 Å². The Morgan fingerprint density at radius 1 is 1.22 bits per heavy atom. The van der Waals surface area contributed by atoms with Crippen molar-refractivity contribution in [3.8, 4) is 0 Å². The number of nitrogens with zero attached hydrogens (tertiary/aromatic N) is 3. The van der Waals surface area contributed by atoms with Gasteiger partial charge < -0.3 is 9.47 Å². The van der Waals surface area contributed by atoms with Gasteiger partial charge in [-0.25, -0.2) is 4.98 Å². The standard InChI is InChI=1S/C19H25N3O/c1-14-8-10-21(11-9-14)19(23)18(22-12-16(3)20-13-22)17-7-5-4-6-15(17)2/h4-7,12-14,18H,8-11H2,1-3H3. The molecule has 122 valence electrons. The predicted octanol–water partition coefficient (Wildman–Crippen LogP) is 3.35. The summed E-state index contributed by atoms with van der Waals surface area (Å²) in [5.41, 5.74) is 3.14. The molecule has 4 heteroatoms. The molecule has 1 aliphatic rings.